The number of carbonyl (C=O) groups is 3. The summed E-state index contributed by atoms with van der Waals surface area (Å²) in [4.78, 5) is 38.1. The van der Waals surface area contributed by atoms with Gasteiger partial charge in [0.05, 0.1) is 6.10 Å². The number of Topliss-reactive ketones (excluding diaryl/α,β-unsaturated/α-hetero) is 1. The maximum absolute atomic E-state index is 16.9. The van der Waals surface area contributed by atoms with E-state index in [2.05, 4.69) is 27.7 Å². The monoisotopic (exact) mass is 609 g/mol. The summed E-state index contributed by atoms with van der Waals surface area (Å²) in [6, 6.07) is 0. The van der Waals surface area contributed by atoms with Crippen molar-refractivity contribution in [3.05, 3.63) is 23.8 Å². The third-order valence-corrected chi connectivity index (χ3v) is 11.3. The number of amides is 1. The molecule has 8 atom stereocenters. The Bertz CT molecular complexity index is 1100. The van der Waals surface area contributed by atoms with Crippen LogP contribution in [0.15, 0.2) is 23.8 Å². The zero-order valence-corrected chi connectivity index (χ0v) is 27.5. The molecule has 238 valence electrons. The highest BCUT2D eigenvalue weighted by atomic mass is 32.2. The van der Waals surface area contributed by atoms with Crippen LogP contribution in [0.5, 0.6) is 0 Å². The van der Waals surface area contributed by atoms with Gasteiger partial charge in [0.1, 0.15) is 12.2 Å². The van der Waals surface area contributed by atoms with Crippen LogP contribution in [0.1, 0.15) is 81.1 Å². The number of ketones is 2. The summed E-state index contributed by atoms with van der Waals surface area (Å²) in [5.74, 6) is -0.150. The number of aliphatic hydroxyl groups is 3. The summed E-state index contributed by atoms with van der Waals surface area (Å²) in [6.07, 6.45) is 4.44. The predicted octanol–water partition coefficient (Wildman–Crippen LogP) is 5.37. The number of rotatable bonds is 7. The van der Waals surface area contributed by atoms with Crippen molar-refractivity contribution < 1.29 is 34.1 Å². The van der Waals surface area contributed by atoms with Crippen LogP contribution >= 0.6 is 11.8 Å². The van der Waals surface area contributed by atoms with Crippen LogP contribution in [0, 0.1) is 40.4 Å². The van der Waals surface area contributed by atoms with Gasteiger partial charge in [-0.25, -0.2) is 4.39 Å². The molecule has 7 nitrogen and oxygen atoms in total. The maximum atomic E-state index is 16.9. The minimum atomic E-state index is -1.98. The minimum Gasteiger partial charge on any atom is -0.390 e. The summed E-state index contributed by atoms with van der Waals surface area (Å²) < 4.78 is 16.9. The van der Waals surface area contributed by atoms with Gasteiger partial charge in [0, 0.05) is 29.8 Å². The highest BCUT2D eigenvalue weighted by molar-refractivity contribution is 8.13. The molecule has 4 aliphatic rings. The fourth-order valence-electron chi connectivity index (χ4n) is 8.58. The molecule has 3 saturated carbocycles. The van der Waals surface area contributed by atoms with Crippen LogP contribution in [-0.4, -0.2) is 79.8 Å². The molecule has 3 N–H and O–H groups in total. The van der Waals surface area contributed by atoms with Crippen molar-refractivity contribution in [2.75, 3.05) is 25.4 Å². The van der Waals surface area contributed by atoms with Gasteiger partial charge in [0.2, 0.25) is 0 Å². The zero-order valence-electron chi connectivity index (χ0n) is 26.7. The van der Waals surface area contributed by atoms with Gasteiger partial charge in [0.25, 0.3) is 5.24 Å². The second-order valence-electron chi connectivity index (χ2n) is 14.1. The molecule has 0 aliphatic heterocycles. The van der Waals surface area contributed by atoms with E-state index >= 15 is 4.39 Å². The van der Waals surface area contributed by atoms with Crippen molar-refractivity contribution in [2.45, 2.75) is 98.4 Å². The van der Waals surface area contributed by atoms with E-state index < -0.39 is 52.4 Å². The average molecular weight is 610 g/mol. The lowest BCUT2D eigenvalue weighted by Crippen LogP contribution is -2.69. The first-order valence-electron chi connectivity index (χ1n) is 15.5. The van der Waals surface area contributed by atoms with Crippen LogP contribution in [-0.2, 0) is 9.59 Å². The Morgan fingerprint density at radius 3 is 2.26 bits per heavy atom. The molecule has 0 aromatic rings. The van der Waals surface area contributed by atoms with E-state index in [1.54, 1.807) is 26.8 Å². The Morgan fingerprint density at radius 2 is 1.74 bits per heavy atom. The van der Waals surface area contributed by atoms with Crippen LogP contribution in [0.3, 0.4) is 0 Å². The van der Waals surface area contributed by atoms with Crippen molar-refractivity contribution in [1.82, 2.24) is 4.90 Å². The number of carbonyl (C=O) groups excluding carboxylic acids is 3. The number of hydrogen-bond acceptors (Lipinski definition) is 7. The first kappa shape index (κ1) is 34.9. The molecule has 42 heavy (non-hydrogen) atoms. The summed E-state index contributed by atoms with van der Waals surface area (Å²) in [5.41, 5.74) is -5.17. The van der Waals surface area contributed by atoms with Gasteiger partial charge in [-0.3, -0.25) is 14.4 Å². The summed E-state index contributed by atoms with van der Waals surface area (Å²) in [7, 11) is 0. The molecule has 0 heterocycles. The molecule has 0 radical (unpaired) electrons. The Labute approximate surface area is 255 Å². The average Bonchev–Trinajstić information content (AvgIpc) is 3.10. The molecule has 0 unspecified atom stereocenters. The largest absolute Gasteiger partial charge is 0.390 e. The van der Waals surface area contributed by atoms with Crippen molar-refractivity contribution in [1.29, 1.82) is 0 Å². The van der Waals surface area contributed by atoms with Gasteiger partial charge >= 0.3 is 0 Å². The van der Waals surface area contributed by atoms with E-state index in [4.69, 9.17) is 0 Å². The Morgan fingerprint density at radius 1 is 1.14 bits per heavy atom. The number of aliphatic hydroxyl groups excluding tert-OH is 2. The number of hydrogen-bond donors (Lipinski definition) is 3. The maximum Gasteiger partial charge on any atom is 0.281 e. The molecule has 0 spiro atoms. The van der Waals surface area contributed by atoms with Crippen molar-refractivity contribution in [3.8, 4) is 0 Å². The second kappa shape index (κ2) is 12.8. The predicted molar refractivity (Wildman–Crippen MR) is 165 cm³/mol. The zero-order chi connectivity index (χ0) is 31.8. The van der Waals surface area contributed by atoms with E-state index in [-0.39, 0.29) is 23.4 Å². The van der Waals surface area contributed by atoms with Crippen molar-refractivity contribution in [3.63, 3.8) is 0 Å². The summed E-state index contributed by atoms with van der Waals surface area (Å²) in [6.45, 7) is 16.9. The van der Waals surface area contributed by atoms with E-state index in [0.717, 1.165) is 18.8 Å². The third-order valence-electron chi connectivity index (χ3n) is 10.5. The highest BCUT2D eigenvalue weighted by Crippen LogP contribution is 2.70. The number of allylic oxidation sites excluding steroid dienone is 4. The number of halogens is 1. The standard InChI is InChI=1S/C22H29FO5.C11H23NOS/c1-12-8-16-15-5-4-13-9-14(25)6-7-19(13,2)21(15,23)17(26)10-20(16,3)22(12,28)18(27)11-24;1-6-14-11(13)12(7-9(2)3)8-10(4)5/h6-7,9,12,15-17,24,26,28H,4-5,8,10-11H2,1-3H3;9-10H,6-8H2,1-5H3/t12-,15-,16-,17-,19-,20-,21-,22-;/m0./s1. The molecule has 1 amide bonds. The molecule has 0 aromatic heterocycles. The molecule has 0 bridgehead atoms. The molecule has 4 rings (SSSR count). The van der Waals surface area contributed by atoms with Crippen LogP contribution < -0.4 is 0 Å². The van der Waals surface area contributed by atoms with Gasteiger partial charge in [-0.15, -0.1) is 0 Å². The number of thioether (sulfide) groups is 1. The third kappa shape index (κ3) is 5.68. The molecule has 9 heteroatoms. The van der Waals surface area contributed by atoms with Crippen molar-refractivity contribution in [2.24, 2.45) is 40.4 Å². The lowest BCUT2D eigenvalue weighted by Gasteiger charge is -2.62. The number of alkyl halides is 1. The highest BCUT2D eigenvalue weighted by Gasteiger charge is 2.75. The molecule has 0 saturated heterocycles. The fraction of sp³-hybridized carbons (Fsp3) is 0.788. The lowest BCUT2D eigenvalue weighted by molar-refractivity contribution is -0.219. The van der Waals surface area contributed by atoms with Crippen LogP contribution in [0.25, 0.3) is 0 Å². The molecule has 0 aromatic carbocycles. The topological polar surface area (TPSA) is 115 Å². The van der Waals surface area contributed by atoms with E-state index in [1.807, 2.05) is 11.8 Å². The van der Waals surface area contributed by atoms with Gasteiger partial charge in [-0.1, -0.05) is 71.9 Å². The second-order valence-corrected chi connectivity index (χ2v) is 15.4. The minimum absolute atomic E-state index is 0.0676. The van der Waals surface area contributed by atoms with Gasteiger partial charge < -0.3 is 20.2 Å². The molecular weight excluding hydrogens is 557 g/mol. The van der Waals surface area contributed by atoms with Crippen LogP contribution in [0.4, 0.5) is 9.18 Å². The number of fused-ring (bicyclic) bond motifs is 5. The first-order valence-corrected chi connectivity index (χ1v) is 16.5. The Balaban J connectivity index is 0.000000295. The van der Waals surface area contributed by atoms with E-state index in [1.165, 1.54) is 23.9 Å². The van der Waals surface area contributed by atoms with Crippen molar-refractivity contribution >= 4 is 28.6 Å². The fourth-order valence-corrected chi connectivity index (χ4v) is 9.16. The Kier molecular flexibility index (Phi) is 10.7. The smallest absolute Gasteiger partial charge is 0.281 e. The Hall–Kier alpha value is -1.55. The van der Waals surface area contributed by atoms with Gasteiger partial charge in [-0.2, -0.15) is 0 Å². The van der Waals surface area contributed by atoms with Crippen LogP contribution in [0.2, 0.25) is 0 Å². The molecule has 3 fully saturated rings. The summed E-state index contributed by atoms with van der Waals surface area (Å²) in [5, 5.41) is 32.2. The molecular formula is C33H52FNO6S. The van der Waals surface area contributed by atoms with Gasteiger partial charge in [-0.05, 0) is 74.2 Å². The quantitative estimate of drug-likeness (QED) is 0.356. The first-order chi connectivity index (χ1) is 19.4. The van der Waals surface area contributed by atoms with Gasteiger partial charge in [0.15, 0.2) is 17.2 Å². The SMILES string of the molecule is CCSC(=O)N(CC(C)C)CC(C)C.C[C@H]1C[C@H]2[C@@H]3CCC4=CC(=O)C=C[C@]4(C)[C@@]3(F)[C@@H](O)C[C@]2(C)[C@@]1(O)C(=O)CO. The summed E-state index contributed by atoms with van der Waals surface area (Å²) >= 11 is 1.41. The van der Waals surface area contributed by atoms with E-state index in [0.29, 0.717) is 36.7 Å². The van der Waals surface area contributed by atoms with E-state index in [9.17, 15) is 29.7 Å². The number of nitrogens with zero attached hydrogens (tertiary/aromatic N) is 1. The lowest BCUT2D eigenvalue weighted by atomic mass is 9.44. The molecule has 4 aliphatic carbocycles. The normalized spacial score (nSPS) is 38.7.